The number of anilines is 1. The molecule has 17 heavy (non-hydrogen) atoms. The number of hydrazine groups is 1. The van der Waals surface area contributed by atoms with E-state index in [9.17, 15) is 26.7 Å². The number of rotatable bonds is 1. The van der Waals surface area contributed by atoms with E-state index >= 15 is 0 Å². The van der Waals surface area contributed by atoms with Crippen LogP contribution in [0.25, 0.3) is 0 Å². The highest BCUT2D eigenvalue weighted by Gasteiger charge is 2.31. The number of hydrogen-bond donors (Lipinski definition) is 1. The van der Waals surface area contributed by atoms with Gasteiger partial charge < -0.3 is 0 Å². The zero-order chi connectivity index (χ0) is 12.7. The molecule has 0 atom stereocenters. The predicted octanol–water partition coefficient (Wildman–Crippen LogP) is 1.62. The zero-order valence-corrected chi connectivity index (χ0v) is 8.16. The Bertz CT molecular complexity index is 476. The minimum Gasteiger partial charge on any atom is -0.279 e. The molecule has 8 heteroatoms. The maximum absolute atomic E-state index is 13.3. The summed E-state index contributed by atoms with van der Waals surface area (Å²) in [4.78, 5) is 10.8. The van der Waals surface area contributed by atoms with Crippen molar-refractivity contribution in [2.45, 2.75) is 6.42 Å². The summed E-state index contributed by atoms with van der Waals surface area (Å²) in [5.41, 5.74) is 0.838. The fourth-order valence-corrected chi connectivity index (χ4v) is 1.47. The SMILES string of the molecule is O=C1CCN(c2c(F)c(F)c(F)c(F)c2F)N1. The molecule has 92 valence electrons. The monoisotopic (exact) mass is 252 g/mol. The number of amides is 1. The first-order chi connectivity index (χ1) is 7.93. The van der Waals surface area contributed by atoms with Crippen LogP contribution in [0.4, 0.5) is 27.6 Å². The van der Waals surface area contributed by atoms with Crippen molar-refractivity contribution in [1.29, 1.82) is 0 Å². The molecule has 1 aromatic rings. The second kappa shape index (κ2) is 3.86. The van der Waals surface area contributed by atoms with Gasteiger partial charge in [-0.15, -0.1) is 0 Å². The Morgan fingerprint density at radius 2 is 1.35 bits per heavy atom. The van der Waals surface area contributed by atoms with Crippen LogP contribution >= 0.6 is 0 Å². The highest BCUT2D eigenvalue weighted by atomic mass is 19.2. The van der Waals surface area contributed by atoms with E-state index in [1.165, 1.54) is 0 Å². The first-order valence-electron chi connectivity index (χ1n) is 4.52. The quantitative estimate of drug-likeness (QED) is 0.468. The predicted molar refractivity (Wildman–Crippen MR) is 46.3 cm³/mol. The van der Waals surface area contributed by atoms with Crippen LogP contribution in [0.2, 0.25) is 0 Å². The molecule has 1 fully saturated rings. The van der Waals surface area contributed by atoms with Gasteiger partial charge in [-0.05, 0) is 0 Å². The molecule has 0 spiro atoms. The summed E-state index contributed by atoms with van der Waals surface area (Å²) in [5.74, 6) is -10.8. The molecular weight excluding hydrogens is 247 g/mol. The molecule has 1 heterocycles. The van der Waals surface area contributed by atoms with Crippen LogP contribution in [0.3, 0.4) is 0 Å². The lowest BCUT2D eigenvalue weighted by atomic mass is 10.2. The van der Waals surface area contributed by atoms with Crippen LogP contribution in [-0.4, -0.2) is 12.5 Å². The smallest absolute Gasteiger partial charge is 0.240 e. The van der Waals surface area contributed by atoms with E-state index in [0.29, 0.717) is 5.01 Å². The second-order valence-electron chi connectivity index (χ2n) is 3.36. The fourth-order valence-electron chi connectivity index (χ4n) is 1.47. The summed E-state index contributed by atoms with van der Waals surface area (Å²) < 4.78 is 65.0. The Morgan fingerprint density at radius 3 is 1.76 bits per heavy atom. The summed E-state index contributed by atoms with van der Waals surface area (Å²) >= 11 is 0. The Labute approximate surface area is 91.8 Å². The summed E-state index contributed by atoms with van der Waals surface area (Å²) in [6, 6.07) is 0. The second-order valence-corrected chi connectivity index (χ2v) is 3.36. The number of hydrogen-bond acceptors (Lipinski definition) is 2. The van der Waals surface area contributed by atoms with Crippen LogP contribution < -0.4 is 10.4 Å². The number of carbonyl (C=O) groups is 1. The van der Waals surface area contributed by atoms with E-state index < -0.39 is 40.7 Å². The molecular formula is C9H5F5N2O. The van der Waals surface area contributed by atoms with E-state index in [1.54, 1.807) is 0 Å². The average molecular weight is 252 g/mol. The first kappa shape index (κ1) is 11.6. The van der Waals surface area contributed by atoms with E-state index in [0.717, 1.165) is 0 Å². The molecule has 1 amide bonds. The van der Waals surface area contributed by atoms with Gasteiger partial charge in [0.05, 0.1) is 0 Å². The molecule has 3 nitrogen and oxygen atoms in total. The van der Waals surface area contributed by atoms with Crippen molar-refractivity contribution in [3.8, 4) is 0 Å². The lowest BCUT2D eigenvalue weighted by molar-refractivity contribution is -0.119. The van der Waals surface area contributed by atoms with Crippen molar-refractivity contribution in [3.63, 3.8) is 0 Å². The lowest BCUT2D eigenvalue weighted by Crippen LogP contribution is -2.35. The van der Waals surface area contributed by atoms with Gasteiger partial charge in [-0.2, -0.15) is 0 Å². The molecule has 2 rings (SSSR count). The molecule has 0 bridgehead atoms. The van der Waals surface area contributed by atoms with E-state index in [1.807, 2.05) is 5.43 Å². The van der Waals surface area contributed by atoms with Gasteiger partial charge in [0.25, 0.3) is 0 Å². The van der Waals surface area contributed by atoms with Crippen molar-refractivity contribution in [3.05, 3.63) is 29.1 Å². The Morgan fingerprint density at radius 1 is 0.882 bits per heavy atom. The first-order valence-corrected chi connectivity index (χ1v) is 4.52. The van der Waals surface area contributed by atoms with Crippen LogP contribution in [0.5, 0.6) is 0 Å². The number of nitrogens with zero attached hydrogens (tertiary/aromatic N) is 1. The van der Waals surface area contributed by atoms with Crippen molar-refractivity contribution in [2.75, 3.05) is 11.6 Å². The summed E-state index contributed by atoms with van der Waals surface area (Å²) in [7, 11) is 0. The fraction of sp³-hybridized carbons (Fsp3) is 0.222. The number of benzene rings is 1. The zero-order valence-electron chi connectivity index (χ0n) is 8.16. The normalized spacial score (nSPS) is 15.4. The molecule has 0 aromatic heterocycles. The van der Waals surface area contributed by atoms with Crippen molar-refractivity contribution >= 4 is 11.6 Å². The molecule has 1 saturated heterocycles. The minimum atomic E-state index is -2.23. The van der Waals surface area contributed by atoms with Crippen LogP contribution in [0.1, 0.15) is 6.42 Å². The Kier molecular flexibility index (Phi) is 2.64. The molecule has 1 aliphatic heterocycles. The molecule has 1 aliphatic rings. The lowest BCUT2D eigenvalue weighted by Gasteiger charge is -2.19. The van der Waals surface area contributed by atoms with Crippen LogP contribution in [0, 0.1) is 29.1 Å². The third-order valence-corrected chi connectivity index (χ3v) is 2.28. The van der Waals surface area contributed by atoms with Crippen molar-refractivity contribution < 1.29 is 26.7 Å². The minimum absolute atomic E-state index is 0.0838. The topological polar surface area (TPSA) is 32.3 Å². The van der Waals surface area contributed by atoms with Gasteiger partial charge in [0.2, 0.25) is 11.7 Å². The van der Waals surface area contributed by atoms with E-state index in [4.69, 9.17) is 0 Å². The van der Waals surface area contributed by atoms with Gasteiger partial charge in [0.15, 0.2) is 23.3 Å². The number of carbonyl (C=O) groups excluding carboxylic acids is 1. The standard InChI is InChI=1S/C9H5F5N2O/c10-4-5(11)7(13)9(8(14)6(4)12)16-2-1-3(17)15-16/h1-2H2,(H,15,17). The Hall–Kier alpha value is -1.86. The van der Waals surface area contributed by atoms with Crippen LogP contribution in [-0.2, 0) is 4.79 Å². The maximum atomic E-state index is 13.3. The largest absolute Gasteiger partial charge is 0.279 e. The van der Waals surface area contributed by atoms with Gasteiger partial charge in [-0.1, -0.05) is 0 Å². The molecule has 1 N–H and O–H groups in total. The summed E-state index contributed by atoms with van der Waals surface area (Å²) in [5, 5.41) is 0.596. The molecule has 0 aliphatic carbocycles. The van der Waals surface area contributed by atoms with Gasteiger partial charge in [-0.3, -0.25) is 15.2 Å². The number of nitrogens with one attached hydrogen (secondary N) is 1. The molecule has 0 unspecified atom stereocenters. The summed E-state index contributed by atoms with van der Waals surface area (Å²) in [6.07, 6.45) is -0.0838. The van der Waals surface area contributed by atoms with Crippen LogP contribution in [0.15, 0.2) is 0 Å². The van der Waals surface area contributed by atoms with Gasteiger partial charge >= 0.3 is 0 Å². The average Bonchev–Trinajstić information content (AvgIpc) is 2.71. The van der Waals surface area contributed by atoms with Gasteiger partial charge in [-0.25, -0.2) is 22.0 Å². The maximum Gasteiger partial charge on any atom is 0.240 e. The van der Waals surface area contributed by atoms with Gasteiger partial charge in [0.1, 0.15) is 5.69 Å². The number of halogens is 5. The highest BCUT2D eigenvalue weighted by Crippen LogP contribution is 2.30. The van der Waals surface area contributed by atoms with Crippen molar-refractivity contribution in [1.82, 2.24) is 5.43 Å². The van der Waals surface area contributed by atoms with E-state index in [-0.39, 0.29) is 13.0 Å². The van der Waals surface area contributed by atoms with Crippen molar-refractivity contribution in [2.24, 2.45) is 0 Å². The molecule has 0 radical (unpaired) electrons. The highest BCUT2D eigenvalue weighted by molar-refractivity contribution is 5.81. The third kappa shape index (κ3) is 1.69. The third-order valence-electron chi connectivity index (χ3n) is 2.28. The summed E-state index contributed by atoms with van der Waals surface area (Å²) in [6.45, 7) is -0.169. The molecule has 0 saturated carbocycles. The van der Waals surface area contributed by atoms with Gasteiger partial charge in [0, 0.05) is 13.0 Å². The molecule has 1 aromatic carbocycles. The van der Waals surface area contributed by atoms with E-state index in [2.05, 4.69) is 0 Å². The Balaban J connectivity index is 2.57.